The number of benzene rings is 2. The topological polar surface area (TPSA) is 108 Å². The Labute approximate surface area is 284 Å². The summed E-state index contributed by atoms with van der Waals surface area (Å²) >= 11 is 0. The van der Waals surface area contributed by atoms with Gasteiger partial charge in [-0.2, -0.15) is 26.3 Å². The maximum Gasteiger partial charge on any atom is 0.419 e. The van der Waals surface area contributed by atoms with E-state index in [-0.39, 0.29) is 72.6 Å². The first kappa shape index (κ1) is 38.6. The van der Waals surface area contributed by atoms with Gasteiger partial charge in [0.15, 0.2) is 0 Å². The minimum atomic E-state index is -4.73. The van der Waals surface area contributed by atoms with Crippen molar-refractivity contribution in [1.29, 1.82) is 0 Å². The van der Waals surface area contributed by atoms with Crippen LogP contribution < -0.4 is 15.0 Å². The van der Waals surface area contributed by atoms with E-state index in [2.05, 4.69) is 15.3 Å². The average Bonchev–Trinajstić information content (AvgIpc) is 3.49. The Morgan fingerprint density at radius 1 is 0.938 bits per heavy atom. The number of alkyl halides is 6. The SMILES string of the molecule is COc1ccc(-c2cc(CN3CCC[C@H]3C(F)(F)F)cc(NC(=O)c3cnc(N4CCC(C(=O)O)CC4)cn3)c2)cc1C(F)(F)F.Cl.Cl. The Hall–Kier alpha value is -3.82. The van der Waals surface area contributed by atoms with Gasteiger partial charge in [0, 0.05) is 25.3 Å². The van der Waals surface area contributed by atoms with E-state index < -0.39 is 41.8 Å². The normalized spacial score (nSPS) is 17.3. The second-order valence-electron chi connectivity index (χ2n) is 11.3. The van der Waals surface area contributed by atoms with Crippen molar-refractivity contribution >= 4 is 48.2 Å². The fraction of sp³-hybridized carbons (Fsp3) is 0.419. The van der Waals surface area contributed by atoms with Crippen molar-refractivity contribution in [2.24, 2.45) is 5.92 Å². The molecule has 48 heavy (non-hydrogen) atoms. The molecule has 2 aliphatic heterocycles. The average molecular weight is 725 g/mol. The van der Waals surface area contributed by atoms with E-state index in [0.29, 0.717) is 43.7 Å². The summed E-state index contributed by atoms with van der Waals surface area (Å²) < 4.78 is 87.2. The molecule has 1 amide bonds. The fourth-order valence-electron chi connectivity index (χ4n) is 5.90. The number of likely N-dealkylation sites (tertiary alicyclic amines) is 1. The molecule has 0 bridgehead atoms. The van der Waals surface area contributed by atoms with Gasteiger partial charge < -0.3 is 20.1 Å². The second kappa shape index (κ2) is 15.6. The molecule has 1 aromatic heterocycles. The van der Waals surface area contributed by atoms with Crippen LogP contribution in [0.3, 0.4) is 0 Å². The maximum atomic E-state index is 13.8. The Morgan fingerprint density at radius 3 is 2.23 bits per heavy atom. The first-order valence-electron chi connectivity index (χ1n) is 14.5. The highest BCUT2D eigenvalue weighted by atomic mass is 35.5. The van der Waals surface area contributed by atoms with E-state index in [4.69, 9.17) is 4.74 Å². The van der Waals surface area contributed by atoms with Gasteiger partial charge in [-0.3, -0.25) is 14.5 Å². The molecular weight excluding hydrogens is 691 g/mol. The number of carbonyl (C=O) groups excluding carboxylic acids is 1. The summed E-state index contributed by atoms with van der Waals surface area (Å²) in [6.07, 6.45) is -5.38. The Morgan fingerprint density at radius 2 is 1.65 bits per heavy atom. The minimum absolute atomic E-state index is 0. The zero-order chi connectivity index (χ0) is 33.2. The first-order chi connectivity index (χ1) is 21.7. The van der Waals surface area contributed by atoms with Crippen LogP contribution in [0.15, 0.2) is 48.8 Å². The molecule has 3 heterocycles. The monoisotopic (exact) mass is 723 g/mol. The molecule has 0 radical (unpaired) electrons. The number of carboxylic acid groups (broad SMARTS) is 1. The Bertz CT molecular complexity index is 1590. The van der Waals surface area contributed by atoms with E-state index in [1.165, 1.54) is 41.6 Å². The molecule has 0 aliphatic carbocycles. The number of piperidine rings is 1. The number of aromatic nitrogens is 2. The van der Waals surface area contributed by atoms with Crippen LogP contribution >= 0.6 is 24.8 Å². The minimum Gasteiger partial charge on any atom is -0.496 e. The van der Waals surface area contributed by atoms with Crippen LogP contribution in [0.5, 0.6) is 5.75 Å². The molecule has 2 aliphatic rings. The van der Waals surface area contributed by atoms with Crippen LogP contribution in [0, 0.1) is 5.92 Å². The van der Waals surface area contributed by atoms with Crippen LogP contribution in [0.1, 0.15) is 47.3 Å². The van der Waals surface area contributed by atoms with Crippen LogP contribution in [0.2, 0.25) is 0 Å². The van der Waals surface area contributed by atoms with E-state index >= 15 is 0 Å². The summed E-state index contributed by atoms with van der Waals surface area (Å²) in [6, 6.07) is 6.21. The number of anilines is 2. The number of methoxy groups -OCH3 is 1. The van der Waals surface area contributed by atoms with Gasteiger partial charge in [-0.25, -0.2) is 9.97 Å². The third kappa shape index (κ3) is 8.99. The number of aliphatic carboxylic acids is 1. The van der Waals surface area contributed by atoms with Crippen LogP contribution in [-0.4, -0.2) is 70.8 Å². The van der Waals surface area contributed by atoms with Gasteiger partial charge in [0.25, 0.3) is 5.91 Å². The number of carbonyl (C=O) groups is 2. The lowest BCUT2D eigenvalue weighted by atomic mass is 9.97. The lowest BCUT2D eigenvalue weighted by Crippen LogP contribution is -2.40. The second-order valence-corrected chi connectivity index (χ2v) is 11.3. The number of hydrogen-bond donors (Lipinski definition) is 2. The number of carboxylic acids is 1. The standard InChI is InChI=1S/C31H31F6N5O4.2ClH/c1-46-25-5-4-20(14-23(25)30(32,33)34)21-11-18(17-42-8-2-3-26(42)31(35,36)37)12-22(13-21)40-28(43)24-15-39-27(16-38-24)41-9-6-19(7-10-41)29(44)45;;/h4-5,11-16,19,26H,2-3,6-10,17H2,1H3,(H,40,43)(H,44,45);2*1H/t26-;;/m0../s1. The predicted molar refractivity (Wildman–Crippen MR) is 170 cm³/mol. The van der Waals surface area contributed by atoms with Gasteiger partial charge in [-0.1, -0.05) is 6.07 Å². The number of ether oxygens (including phenoxy) is 1. The van der Waals surface area contributed by atoms with Gasteiger partial charge in [0.05, 0.1) is 31.0 Å². The largest absolute Gasteiger partial charge is 0.496 e. The van der Waals surface area contributed by atoms with Crippen molar-refractivity contribution < 1.29 is 45.8 Å². The summed E-state index contributed by atoms with van der Waals surface area (Å²) in [6.45, 7) is 0.962. The summed E-state index contributed by atoms with van der Waals surface area (Å²) in [7, 11) is 1.11. The molecule has 9 nitrogen and oxygen atoms in total. The van der Waals surface area contributed by atoms with Gasteiger partial charge in [0.1, 0.15) is 23.3 Å². The van der Waals surface area contributed by atoms with Crippen molar-refractivity contribution in [3.63, 3.8) is 0 Å². The number of hydrogen-bond acceptors (Lipinski definition) is 7. The molecule has 2 fully saturated rings. The third-order valence-corrected chi connectivity index (χ3v) is 8.26. The molecule has 1 atom stereocenters. The smallest absolute Gasteiger partial charge is 0.419 e. The quantitative estimate of drug-likeness (QED) is 0.237. The van der Waals surface area contributed by atoms with Crippen LogP contribution in [0.25, 0.3) is 11.1 Å². The summed E-state index contributed by atoms with van der Waals surface area (Å²) in [5, 5.41) is 11.9. The molecule has 3 aromatic rings. The predicted octanol–water partition coefficient (Wildman–Crippen LogP) is 7.09. The van der Waals surface area contributed by atoms with E-state index in [1.54, 1.807) is 0 Å². The number of rotatable bonds is 8. The zero-order valence-corrected chi connectivity index (χ0v) is 27.1. The van der Waals surface area contributed by atoms with Crippen LogP contribution in [-0.2, 0) is 17.5 Å². The Kier molecular flexibility index (Phi) is 12.6. The van der Waals surface area contributed by atoms with Gasteiger partial charge in [-0.15, -0.1) is 24.8 Å². The highest BCUT2D eigenvalue weighted by Gasteiger charge is 2.45. The van der Waals surface area contributed by atoms with Crippen molar-refractivity contribution in [3.8, 4) is 16.9 Å². The molecular formula is C31H33Cl2F6N5O4. The number of amides is 1. The van der Waals surface area contributed by atoms with Gasteiger partial charge in [-0.05, 0) is 79.3 Å². The third-order valence-electron chi connectivity index (χ3n) is 8.26. The summed E-state index contributed by atoms with van der Waals surface area (Å²) in [5.74, 6) is -1.89. The van der Waals surface area contributed by atoms with Crippen molar-refractivity contribution in [2.45, 2.75) is 50.6 Å². The van der Waals surface area contributed by atoms with E-state index in [1.807, 2.05) is 4.90 Å². The fourth-order valence-corrected chi connectivity index (χ4v) is 5.90. The van der Waals surface area contributed by atoms with E-state index in [9.17, 15) is 41.0 Å². The van der Waals surface area contributed by atoms with Crippen molar-refractivity contribution in [3.05, 3.63) is 65.6 Å². The lowest BCUT2D eigenvalue weighted by Gasteiger charge is -2.30. The molecule has 0 saturated carbocycles. The molecule has 262 valence electrons. The first-order valence-corrected chi connectivity index (χ1v) is 14.5. The lowest BCUT2D eigenvalue weighted by molar-refractivity contribution is -0.177. The van der Waals surface area contributed by atoms with Crippen molar-refractivity contribution in [2.75, 3.05) is 37.0 Å². The molecule has 2 N–H and O–H groups in total. The van der Waals surface area contributed by atoms with Gasteiger partial charge >= 0.3 is 18.3 Å². The van der Waals surface area contributed by atoms with Crippen molar-refractivity contribution in [1.82, 2.24) is 14.9 Å². The van der Waals surface area contributed by atoms with Crippen LogP contribution in [0.4, 0.5) is 37.8 Å². The highest BCUT2D eigenvalue weighted by molar-refractivity contribution is 6.03. The summed E-state index contributed by atoms with van der Waals surface area (Å²) in [5.41, 5.74) is -0.227. The number of nitrogens with zero attached hydrogens (tertiary/aromatic N) is 4. The summed E-state index contributed by atoms with van der Waals surface area (Å²) in [4.78, 5) is 36.0. The highest BCUT2D eigenvalue weighted by Crippen LogP contribution is 2.40. The molecule has 2 aromatic carbocycles. The molecule has 17 heteroatoms. The maximum absolute atomic E-state index is 13.8. The van der Waals surface area contributed by atoms with E-state index in [0.717, 1.165) is 19.2 Å². The molecule has 5 rings (SSSR count). The number of halogens is 8. The Balaban J connectivity index is 0.00000312. The number of nitrogens with one attached hydrogen (secondary N) is 1. The molecule has 0 unspecified atom stereocenters. The zero-order valence-electron chi connectivity index (χ0n) is 25.5. The molecule has 2 saturated heterocycles. The van der Waals surface area contributed by atoms with Gasteiger partial charge in [0.2, 0.25) is 0 Å². The molecule has 0 spiro atoms.